The van der Waals surface area contributed by atoms with Crippen LogP contribution in [0.15, 0.2) is 18.2 Å². The summed E-state index contributed by atoms with van der Waals surface area (Å²) in [7, 11) is 0. The predicted octanol–water partition coefficient (Wildman–Crippen LogP) is 0.305. The summed E-state index contributed by atoms with van der Waals surface area (Å²) in [6.45, 7) is 2.41. The number of rotatable bonds is 3. The van der Waals surface area contributed by atoms with Gasteiger partial charge in [0.15, 0.2) is 0 Å². The molecule has 2 aliphatic heterocycles. The Morgan fingerprint density at radius 3 is 3.00 bits per heavy atom. The van der Waals surface area contributed by atoms with E-state index in [1.54, 1.807) is 0 Å². The summed E-state index contributed by atoms with van der Waals surface area (Å²) >= 11 is 0. The summed E-state index contributed by atoms with van der Waals surface area (Å²) in [5, 5.41) is 12.5. The highest BCUT2D eigenvalue weighted by Gasteiger charge is 2.29. The summed E-state index contributed by atoms with van der Waals surface area (Å²) in [5.41, 5.74) is 2.33. The lowest BCUT2D eigenvalue weighted by Gasteiger charge is -2.33. The van der Waals surface area contributed by atoms with Crippen LogP contribution in [0.4, 0.5) is 0 Å². The Balaban J connectivity index is 1.72. The van der Waals surface area contributed by atoms with E-state index in [1.807, 2.05) is 18.2 Å². The van der Waals surface area contributed by atoms with Gasteiger partial charge in [-0.25, -0.2) is 4.98 Å². The topological polar surface area (TPSA) is 87.5 Å². The molecule has 1 amide bonds. The fraction of sp³-hybridized carbons (Fsp3) is 0.471. The number of amides is 1. The van der Waals surface area contributed by atoms with Gasteiger partial charge in [0.25, 0.3) is 5.91 Å². The molecule has 3 heterocycles. The van der Waals surface area contributed by atoms with Crippen LogP contribution in [0.25, 0.3) is 11.0 Å². The quantitative estimate of drug-likeness (QED) is 0.846. The van der Waals surface area contributed by atoms with E-state index in [0.717, 1.165) is 16.9 Å². The first-order chi connectivity index (χ1) is 11.7. The number of aliphatic hydroxyl groups excluding tert-OH is 1. The Morgan fingerprint density at radius 1 is 1.29 bits per heavy atom. The molecule has 1 aromatic heterocycles. The van der Waals surface area contributed by atoms with Crippen LogP contribution in [0.3, 0.4) is 0 Å². The van der Waals surface area contributed by atoms with Gasteiger partial charge in [-0.2, -0.15) is 0 Å². The Hall–Kier alpha value is -2.25. The molecule has 7 nitrogen and oxygen atoms in total. The maximum absolute atomic E-state index is 12.2. The SMILES string of the molecule is O=C1CCN(Cc2nc3cccc4c3n2CCNC4=O)C(CO)C1. The van der Waals surface area contributed by atoms with E-state index in [0.29, 0.717) is 44.6 Å². The molecular weight excluding hydrogens is 308 g/mol. The van der Waals surface area contributed by atoms with Gasteiger partial charge < -0.3 is 15.0 Å². The van der Waals surface area contributed by atoms with Crippen molar-refractivity contribution >= 4 is 22.7 Å². The monoisotopic (exact) mass is 328 g/mol. The number of carbonyl (C=O) groups is 2. The smallest absolute Gasteiger partial charge is 0.253 e. The van der Waals surface area contributed by atoms with E-state index < -0.39 is 0 Å². The number of likely N-dealkylation sites (tertiary alicyclic amines) is 1. The van der Waals surface area contributed by atoms with Crippen LogP contribution in [-0.2, 0) is 17.9 Å². The van der Waals surface area contributed by atoms with Crippen molar-refractivity contribution in [3.05, 3.63) is 29.6 Å². The van der Waals surface area contributed by atoms with Crippen LogP contribution in [-0.4, -0.2) is 57.0 Å². The molecule has 0 saturated carbocycles. The van der Waals surface area contributed by atoms with Crippen molar-refractivity contribution in [1.82, 2.24) is 19.8 Å². The number of carbonyl (C=O) groups excluding carboxylic acids is 2. The third-order valence-electron chi connectivity index (χ3n) is 4.92. The Bertz CT molecular complexity index is 814. The van der Waals surface area contributed by atoms with Crippen molar-refractivity contribution in [2.45, 2.75) is 32.0 Å². The number of hydrogen-bond donors (Lipinski definition) is 2. The first kappa shape index (κ1) is 15.3. The second-order valence-corrected chi connectivity index (χ2v) is 6.41. The summed E-state index contributed by atoms with van der Waals surface area (Å²) in [5.74, 6) is 1.01. The molecule has 0 bridgehead atoms. The number of Topliss-reactive ketones (excluding diaryl/α,β-unsaturated/α-hetero) is 1. The fourth-order valence-electron chi connectivity index (χ4n) is 3.67. The van der Waals surface area contributed by atoms with E-state index in [9.17, 15) is 14.7 Å². The van der Waals surface area contributed by atoms with E-state index in [-0.39, 0.29) is 24.3 Å². The predicted molar refractivity (Wildman–Crippen MR) is 87.6 cm³/mol. The van der Waals surface area contributed by atoms with Gasteiger partial charge in [-0.3, -0.25) is 14.5 Å². The summed E-state index contributed by atoms with van der Waals surface area (Å²) in [4.78, 5) is 30.7. The van der Waals surface area contributed by atoms with Crippen LogP contribution >= 0.6 is 0 Å². The molecule has 4 rings (SSSR count). The van der Waals surface area contributed by atoms with E-state index in [2.05, 4.69) is 14.8 Å². The lowest BCUT2D eigenvalue weighted by Crippen LogP contribution is -2.44. The van der Waals surface area contributed by atoms with Gasteiger partial charge in [-0.15, -0.1) is 0 Å². The summed E-state index contributed by atoms with van der Waals surface area (Å²) in [6, 6.07) is 5.44. The molecule has 1 fully saturated rings. The number of piperidine rings is 1. The van der Waals surface area contributed by atoms with E-state index in [1.165, 1.54) is 0 Å². The van der Waals surface area contributed by atoms with Crippen LogP contribution in [0.5, 0.6) is 0 Å². The molecule has 1 aromatic carbocycles. The maximum Gasteiger partial charge on any atom is 0.253 e. The molecule has 2 aliphatic rings. The molecule has 1 unspecified atom stereocenters. The van der Waals surface area contributed by atoms with Gasteiger partial charge in [0.2, 0.25) is 0 Å². The third kappa shape index (κ3) is 2.50. The second-order valence-electron chi connectivity index (χ2n) is 6.41. The minimum Gasteiger partial charge on any atom is -0.395 e. The van der Waals surface area contributed by atoms with Gasteiger partial charge in [0.1, 0.15) is 11.6 Å². The molecule has 7 heteroatoms. The van der Waals surface area contributed by atoms with Crippen LogP contribution in [0.2, 0.25) is 0 Å². The third-order valence-corrected chi connectivity index (χ3v) is 4.92. The second kappa shape index (κ2) is 5.99. The van der Waals surface area contributed by atoms with Crippen molar-refractivity contribution in [2.75, 3.05) is 19.7 Å². The molecule has 24 heavy (non-hydrogen) atoms. The zero-order valence-electron chi connectivity index (χ0n) is 13.4. The number of ketones is 1. The van der Waals surface area contributed by atoms with Gasteiger partial charge in [0.05, 0.1) is 29.7 Å². The zero-order valence-corrected chi connectivity index (χ0v) is 13.4. The number of benzene rings is 1. The fourth-order valence-corrected chi connectivity index (χ4v) is 3.67. The van der Waals surface area contributed by atoms with Gasteiger partial charge in [-0.1, -0.05) is 6.07 Å². The first-order valence-corrected chi connectivity index (χ1v) is 8.30. The molecule has 1 atom stereocenters. The Labute approximate surface area is 139 Å². The van der Waals surface area contributed by atoms with Crippen molar-refractivity contribution < 1.29 is 14.7 Å². The highest BCUT2D eigenvalue weighted by molar-refractivity contribution is 6.05. The number of nitrogens with one attached hydrogen (secondary N) is 1. The van der Waals surface area contributed by atoms with E-state index >= 15 is 0 Å². The first-order valence-electron chi connectivity index (χ1n) is 8.30. The Morgan fingerprint density at radius 2 is 2.17 bits per heavy atom. The molecule has 0 radical (unpaired) electrons. The number of para-hydroxylation sites is 1. The largest absolute Gasteiger partial charge is 0.395 e. The molecule has 2 aromatic rings. The molecule has 2 N–H and O–H groups in total. The van der Waals surface area contributed by atoms with Crippen LogP contribution < -0.4 is 5.32 Å². The Kier molecular flexibility index (Phi) is 3.82. The standard InChI is InChI=1S/C17H20N4O3/c22-10-11-8-12(23)4-6-20(11)9-15-19-14-3-1-2-13-16(14)21(15)7-5-18-17(13)24/h1-3,11,22H,4-10H2,(H,18,24). The van der Waals surface area contributed by atoms with E-state index in [4.69, 9.17) is 4.98 Å². The summed E-state index contributed by atoms with van der Waals surface area (Å²) < 4.78 is 2.09. The van der Waals surface area contributed by atoms with Gasteiger partial charge in [-0.05, 0) is 12.1 Å². The lowest BCUT2D eigenvalue weighted by molar-refractivity contribution is -0.124. The number of imidazole rings is 1. The molecule has 0 spiro atoms. The maximum atomic E-state index is 12.2. The number of hydrogen-bond acceptors (Lipinski definition) is 5. The van der Waals surface area contributed by atoms with Crippen LogP contribution in [0.1, 0.15) is 29.0 Å². The molecule has 126 valence electrons. The zero-order chi connectivity index (χ0) is 16.7. The average molecular weight is 328 g/mol. The average Bonchev–Trinajstić information content (AvgIpc) is 2.83. The minimum absolute atomic E-state index is 0.0305. The van der Waals surface area contributed by atoms with Crippen molar-refractivity contribution in [2.24, 2.45) is 0 Å². The highest BCUT2D eigenvalue weighted by Crippen LogP contribution is 2.25. The lowest BCUT2D eigenvalue weighted by atomic mass is 10.0. The molecular formula is C17H20N4O3. The number of nitrogens with zero attached hydrogens (tertiary/aromatic N) is 3. The number of aliphatic hydroxyl groups is 1. The minimum atomic E-state index is -0.149. The highest BCUT2D eigenvalue weighted by atomic mass is 16.3. The van der Waals surface area contributed by atoms with Gasteiger partial charge >= 0.3 is 0 Å². The van der Waals surface area contributed by atoms with Gasteiger partial charge in [0, 0.05) is 38.5 Å². The van der Waals surface area contributed by atoms with Crippen LogP contribution in [0, 0.1) is 0 Å². The van der Waals surface area contributed by atoms with Crippen molar-refractivity contribution in [3.63, 3.8) is 0 Å². The summed E-state index contributed by atoms with van der Waals surface area (Å²) in [6.07, 6.45) is 0.907. The molecule has 1 saturated heterocycles. The van der Waals surface area contributed by atoms with Crippen molar-refractivity contribution in [3.8, 4) is 0 Å². The van der Waals surface area contributed by atoms with Crippen molar-refractivity contribution in [1.29, 1.82) is 0 Å². The normalized spacial score (nSPS) is 21.8. The molecule has 0 aliphatic carbocycles. The number of aromatic nitrogens is 2.